The molecule has 102 valence electrons. The highest BCUT2D eigenvalue weighted by Gasteiger charge is 2.14. The van der Waals surface area contributed by atoms with Gasteiger partial charge in [0.25, 0.3) is 0 Å². The van der Waals surface area contributed by atoms with Crippen LogP contribution in [-0.4, -0.2) is 35.6 Å². The lowest BCUT2D eigenvalue weighted by atomic mass is 10.1. The van der Waals surface area contributed by atoms with Gasteiger partial charge in [0.2, 0.25) is 0 Å². The van der Waals surface area contributed by atoms with E-state index in [1.54, 1.807) is 6.07 Å². The maximum Gasteiger partial charge on any atom is 0.147 e. The van der Waals surface area contributed by atoms with Crippen LogP contribution in [-0.2, 0) is 13.6 Å². The van der Waals surface area contributed by atoms with E-state index in [1.807, 2.05) is 17.7 Å². The normalized spacial score (nSPS) is 17.8. The molecule has 1 fully saturated rings. The predicted molar refractivity (Wildman–Crippen MR) is 75.6 cm³/mol. The van der Waals surface area contributed by atoms with Gasteiger partial charge in [0, 0.05) is 38.3 Å². The van der Waals surface area contributed by atoms with Crippen molar-refractivity contribution in [2.24, 2.45) is 7.05 Å². The first-order valence-electron chi connectivity index (χ1n) is 6.91. The molecule has 1 aliphatic heterocycles. The van der Waals surface area contributed by atoms with Crippen LogP contribution in [0.2, 0.25) is 0 Å². The minimum atomic E-state index is -0.135. The van der Waals surface area contributed by atoms with E-state index in [0.717, 1.165) is 38.1 Å². The topological polar surface area (TPSA) is 20.2 Å². The summed E-state index contributed by atoms with van der Waals surface area (Å²) in [7, 11) is 1.92. The third-order valence-electron chi connectivity index (χ3n) is 3.86. The molecule has 0 amide bonds. The quantitative estimate of drug-likeness (QED) is 0.893. The number of fused-ring (bicyclic) bond motifs is 1. The molecule has 1 saturated heterocycles. The third-order valence-corrected chi connectivity index (χ3v) is 3.86. The highest BCUT2D eigenvalue weighted by atomic mass is 19.1. The molecule has 2 heterocycles. The van der Waals surface area contributed by atoms with Gasteiger partial charge in [0.05, 0.1) is 5.52 Å². The summed E-state index contributed by atoms with van der Waals surface area (Å²) in [6.45, 7) is 5.21. The van der Waals surface area contributed by atoms with Crippen LogP contribution in [0.3, 0.4) is 0 Å². The van der Waals surface area contributed by atoms with Crippen molar-refractivity contribution in [3.8, 4) is 0 Å². The molecule has 0 radical (unpaired) electrons. The van der Waals surface area contributed by atoms with Gasteiger partial charge in [-0.05, 0) is 31.1 Å². The van der Waals surface area contributed by atoms with Gasteiger partial charge in [-0.2, -0.15) is 0 Å². The third kappa shape index (κ3) is 2.51. The van der Waals surface area contributed by atoms with Crippen LogP contribution < -0.4 is 5.32 Å². The van der Waals surface area contributed by atoms with Crippen molar-refractivity contribution >= 4 is 10.9 Å². The molecule has 0 saturated carbocycles. The number of rotatable bonds is 2. The van der Waals surface area contributed by atoms with Gasteiger partial charge in [0.15, 0.2) is 0 Å². The van der Waals surface area contributed by atoms with E-state index in [1.165, 1.54) is 18.1 Å². The summed E-state index contributed by atoms with van der Waals surface area (Å²) >= 11 is 0. The van der Waals surface area contributed by atoms with Crippen molar-refractivity contribution < 1.29 is 4.39 Å². The van der Waals surface area contributed by atoms with Gasteiger partial charge in [-0.3, -0.25) is 4.90 Å². The van der Waals surface area contributed by atoms with Crippen LogP contribution in [0.15, 0.2) is 24.4 Å². The Labute approximate surface area is 113 Å². The molecule has 3 nitrogen and oxygen atoms in total. The second-order valence-corrected chi connectivity index (χ2v) is 5.28. The highest BCUT2D eigenvalue weighted by Crippen LogP contribution is 2.24. The molecule has 3 rings (SSSR count). The molecule has 1 aromatic carbocycles. The van der Waals surface area contributed by atoms with Crippen molar-refractivity contribution in [3.63, 3.8) is 0 Å². The smallest absolute Gasteiger partial charge is 0.147 e. The number of nitrogens with one attached hydrogen (secondary N) is 1. The van der Waals surface area contributed by atoms with E-state index < -0.39 is 0 Å². The lowest BCUT2D eigenvalue weighted by Crippen LogP contribution is -2.27. The fraction of sp³-hybridized carbons (Fsp3) is 0.467. The summed E-state index contributed by atoms with van der Waals surface area (Å²) in [5, 5.41) is 4.45. The second-order valence-electron chi connectivity index (χ2n) is 5.28. The Morgan fingerprint density at radius 1 is 1.26 bits per heavy atom. The molecule has 19 heavy (non-hydrogen) atoms. The Kier molecular flexibility index (Phi) is 3.53. The zero-order chi connectivity index (χ0) is 13.2. The Morgan fingerprint density at radius 3 is 3.05 bits per heavy atom. The average Bonchev–Trinajstić information content (AvgIpc) is 2.58. The molecular weight excluding hydrogens is 241 g/mol. The number of hydrogen-bond donors (Lipinski definition) is 1. The molecule has 1 aromatic heterocycles. The molecule has 4 heteroatoms. The maximum absolute atomic E-state index is 13.9. The van der Waals surface area contributed by atoms with Gasteiger partial charge in [-0.1, -0.05) is 12.1 Å². The summed E-state index contributed by atoms with van der Waals surface area (Å²) < 4.78 is 15.8. The molecule has 0 spiro atoms. The van der Waals surface area contributed by atoms with E-state index in [9.17, 15) is 4.39 Å². The first kappa shape index (κ1) is 12.6. The van der Waals surface area contributed by atoms with Crippen molar-refractivity contribution in [2.75, 3.05) is 26.2 Å². The first-order chi connectivity index (χ1) is 9.25. The Bertz CT molecular complexity index is 568. The van der Waals surface area contributed by atoms with Gasteiger partial charge < -0.3 is 9.88 Å². The number of aryl methyl sites for hydroxylation is 1. The fourth-order valence-corrected chi connectivity index (χ4v) is 2.93. The van der Waals surface area contributed by atoms with E-state index in [-0.39, 0.29) is 5.82 Å². The van der Waals surface area contributed by atoms with E-state index in [2.05, 4.69) is 16.4 Å². The van der Waals surface area contributed by atoms with Crippen molar-refractivity contribution in [3.05, 3.63) is 35.8 Å². The number of halogens is 1. The largest absolute Gasteiger partial charge is 0.348 e. The van der Waals surface area contributed by atoms with Crippen LogP contribution in [0.1, 0.15) is 12.0 Å². The lowest BCUT2D eigenvalue weighted by molar-refractivity contribution is 0.285. The number of aromatic nitrogens is 1. The second kappa shape index (κ2) is 5.31. The summed E-state index contributed by atoms with van der Waals surface area (Å²) in [5.41, 5.74) is 1.93. The Morgan fingerprint density at radius 2 is 2.16 bits per heavy atom. The van der Waals surface area contributed by atoms with Gasteiger partial charge >= 0.3 is 0 Å². The monoisotopic (exact) mass is 261 g/mol. The number of hydrogen-bond acceptors (Lipinski definition) is 2. The van der Waals surface area contributed by atoms with Crippen molar-refractivity contribution in [2.45, 2.75) is 13.0 Å². The molecule has 2 aromatic rings. The Balaban J connectivity index is 1.90. The SMILES string of the molecule is Cn1cc(CN2CCCNCC2)c2cccc(F)c21. The standard InChI is InChI=1S/C15H20FN3/c1-18-10-12(11-19-8-3-6-17-7-9-19)13-4-2-5-14(16)15(13)18/h2,4-5,10,17H,3,6-9,11H2,1H3. The van der Waals surface area contributed by atoms with Crippen LogP contribution in [0.25, 0.3) is 10.9 Å². The fourth-order valence-electron chi connectivity index (χ4n) is 2.93. The van der Waals surface area contributed by atoms with Crippen molar-refractivity contribution in [1.29, 1.82) is 0 Å². The number of para-hydroxylation sites is 1. The Hall–Kier alpha value is -1.39. The summed E-state index contributed by atoms with van der Waals surface area (Å²) in [6, 6.07) is 5.34. The van der Waals surface area contributed by atoms with Gasteiger partial charge in [-0.15, -0.1) is 0 Å². The highest BCUT2D eigenvalue weighted by molar-refractivity contribution is 5.84. The van der Waals surface area contributed by atoms with Crippen LogP contribution in [0, 0.1) is 5.82 Å². The van der Waals surface area contributed by atoms with Crippen LogP contribution >= 0.6 is 0 Å². The minimum absolute atomic E-state index is 0.135. The maximum atomic E-state index is 13.9. The summed E-state index contributed by atoms with van der Waals surface area (Å²) in [5.74, 6) is -0.135. The van der Waals surface area contributed by atoms with Crippen LogP contribution in [0.5, 0.6) is 0 Å². The molecule has 0 aliphatic carbocycles. The molecule has 0 unspecified atom stereocenters. The zero-order valence-electron chi connectivity index (χ0n) is 11.3. The molecule has 1 aliphatic rings. The van der Waals surface area contributed by atoms with E-state index in [0.29, 0.717) is 5.52 Å². The summed E-state index contributed by atoms with van der Waals surface area (Å²) in [4.78, 5) is 2.44. The van der Waals surface area contributed by atoms with Gasteiger partial charge in [-0.25, -0.2) is 4.39 Å². The molecule has 0 bridgehead atoms. The molecule has 0 atom stereocenters. The van der Waals surface area contributed by atoms with E-state index in [4.69, 9.17) is 0 Å². The summed E-state index contributed by atoms with van der Waals surface area (Å²) in [6.07, 6.45) is 3.24. The zero-order valence-corrected chi connectivity index (χ0v) is 11.3. The minimum Gasteiger partial charge on any atom is -0.348 e. The number of benzene rings is 1. The van der Waals surface area contributed by atoms with E-state index >= 15 is 0 Å². The first-order valence-corrected chi connectivity index (χ1v) is 6.91. The molecular formula is C15H20FN3. The molecule has 1 N–H and O–H groups in total. The predicted octanol–water partition coefficient (Wildman–Crippen LogP) is 2.11. The number of nitrogens with zero attached hydrogens (tertiary/aromatic N) is 2. The lowest BCUT2D eigenvalue weighted by Gasteiger charge is -2.18. The average molecular weight is 261 g/mol. The van der Waals surface area contributed by atoms with Crippen molar-refractivity contribution in [1.82, 2.24) is 14.8 Å². The van der Waals surface area contributed by atoms with Crippen LogP contribution in [0.4, 0.5) is 4.39 Å². The van der Waals surface area contributed by atoms with Gasteiger partial charge in [0.1, 0.15) is 5.82 Å².